The Kier molecular flexibility index (Phi) is 6.56. The maximum absolute atomic E-state index is 12.3. The van der Waals surface area contributed by atoms with E-state index in [1.54, 1.807) is 6.07 Å². The minimum atomic E-state index is -3.62. The highest BCUT2D eigenvalue weighted by atomic mass is 35.5. The predicted octanol–water partition coefficient (Wildman–Crippen LogP) is 2.78. The number of hydrogen-bond acceptors (Lipinski definition) is 3. The minimum Gasteiger partial charge on any atom is -0.396 e. The summed E-state index contributed by atoms with van der Waals surface area (Å²) in [6.07, 6.45) is 2.14. The van der Waals surface area contributed by atoms with Crippen molar-refractivity contribution in [2.45, 2.75) is 24.2 Å². The highest BCUT2D eigenvalue weighted by Crippen LogP contribution is 2.27. The summed E-state index contributed by atoms with van der Waals surface area (Å²) in [5.41, 5.74) is 0. The molecule has 1 aromatic rings. The number of hydrogen-bond donors (Lipinski definition) is 1. The molecule has 0 saturated carbocycles. The van der Waals surface area contributed by atoms with Crippen molar-refractivity contribution in [3.63, 3.8) is 0 Å². The number of halogens is 2. The first-order chi connectivity index (χ1) is 8.89. The summed E-state index contributed by atoms with van der Waals surface area (Å²) in [5.74, 6) is 0. The smallest absolute Gasteiger partial charge is 0.244 e. The molecule has 0 atom stereocenters. The second kappa shape index (κ2) is 7.45. The second-order valence-electron chi connectivity index (χ2n) is 4.19. The number of nitrogens with zero attached hydrogens (tertiary/aromatic N) is 1. The summed E-state index contributed by atoms with van der Waals surface area (Å²) in [7, 11) is -2.12. The Morgan fingerprint density at radius 1 is 1.21 bits per heavy atom. The van der Waals surface area contributed by atoms with E-state index in [9.17, 15) is 8.42 Å². The monoisotopic (exact) mass is 325 g/mol. The van der Waals surface area contributed by atoms with Crippen molar-refractivity contribution in [3.05, 3.63) is 28.2 Å². The zero-order valence-electron chi connectivity index (χ0n) is 10.6. The van der Waals surface area contributed by atoms with Gasteiger partial charge in [0.25, 0.3) is 0 Å². The third-order valence-electron chi connectivity index (χ3n) is 2.71. The van der Waals surface area contributed by atoms with Crippen LogP contribution in [0.15, 0.2) is 23.1 Å². The molecule has 108 valence electrons. The van der Waals surface area contributed by atoms with Gasteiger partial charge in [0, 0.05) is 25.2 Å². The van der Waals surface area contributed by atoms with Crippen LogP contribution < -0.4 is 0 Å². The Labute approximate surface area is 124 Å². The Bertz CT molecular complexity index is 520. The van der Waals surface area contributed by atoms with Gasteiger partial charge >= 0.3 is 0 Å². The SMILES string of the molecule is CN(CCCCCO)S(=O)(=O)c1cc(Cl)ccc1Cl. The van der Waals surface area contributed by atoms with Crippen molar-refractivity contribution in [3.8, 4) is 0 Å². The highest BCUT2D eigenvalue weighted by Gasteiger charge is 2.23. The molecule has 1 aromatic carbocycles. The Hall–Kier alpha value is -0.330. The molecule has 0 radical (unpaired) electrons. The molecule has 4 nitrogen and oxygen atoms in total. The van der Waals surface area contributed by atoms with Crippen LogP contribution >= 0.6 is 23.2 Å². The van der Waals surface area contributed by atoms with Gasteiger partial charge < -0.3 is 5.11 Å². The van der Waals surface area contributed by atoms with Crippen molar-refractivity contribution < 1.29 is 13.5 Å². The molecule has 0 bridgehead atoms. The first-order valence-electron chi connectivity index (χ1n) is 5.92. The first kappa shape index (κ1) is 16.7. The van der Waals surface area contributed by atoms with Gasteiger partial charge in [-0.25, -0.2) is 12.7 Å². The molecule has 1 N–H and O–H groups in total. The van der Waals surface area contributed by atoms with Crippen molar-refractivity contribution in [1.82, 2.24) is 4.31 Å². The maximum atomic E-state index is 12.3. The Balaban J connectivity index is 2.82. The lowest BCUT2D eigenvalue weighted by Gasteiger charge is -2.18. The molecule has 7 heteroatoms. The summed E-state index contributed by atoms with van der Waals surface area (Å²) in [4.78, 5) is 0.0197. The van der Waals surface area contributed by atoms with E-state index in [0.29, 0.717) is 24.4 Å². The molecular formula is C12H17Cl2NO3S. The molecule has 0 aromatic heterocycles. The zero-order valence-corrected chi connectivity index (χ0v) is 13.0. The highest BCUT2D eigenvalue weighted by molar-refractivity contribution is 7.89. The van der Waals surface area contributed by atoms with E-state index in [0.717, 1.165) is 6.42 Å². The quantitative estimate of drug-likeness (QED) is 0.784. The molecule has 0 spiro atoms. The lowest BCUT2D eigenvalue weighted by Crippen LogP contribution is -2.28. The number of rotatable bonds is 7. The number of benzene rings is 1. The average Bonchev–Trinajstić information content (AvgIpc) is 2.37. The van der Waals surface area contributed by atoms with Crippen LogP contribution in [0.4, 0.5) is 0 Å². The van der Waals surface area contributed by atoms with Gasteiger partial charge in [0.15, 0.2) is 0 Å². The van der Waals surface area contributed by atoms with E-state index < -0.39 is 10.0 Å². The molecule has 0 aliphatic carbocycles. The van der Waals surface area contributed by atoms with E-state index in [1.165, 1.54) is 23.5 Å². The Morgan fingerprint density at radius 3 is 2.53 bits per heavy atom. The molecule has 0 aliphatic heterocycles. The molecule has 0 unspecified atom stereocenters. The minimum absolute atomic E-state index is 0.0197. The standard InChI is InChI=1S/C12H17Cl2NO3S/c1-15(7-3-2-4-8-16)19(17,18)12-9-10(13)5-6-11(12)14/h5-6,9,16H,2-4,7-8H2,1H3. The second-order valence-corrected chi connectivity index (χ2v) is 7.04. The van der Waals surface area contributed by atoms with Crippen LogP contribution in [0, 0.1) is 0 Å². The summed E-state index contributed by atoms with van der Waals surface area (Å²) in [6, 6.07) is 4.37. The van der Waals surface area contributed by atoms with Crippen LogP contribution in [-0.4, -0.2) is 38.0 Å². The average molecular weight is 326 g/mol. The van der Waals surface area contributed by atoms with Gasteiger partial charge in [-0.2, -0.15) is 0 Å². The van der Waals surface area contributed by atoms with E-state index in [4.69, 9.17) is 28.3 Å². The molecule has 1 rings (SSSR count). The third-order valence-corrected chi connectivity index (χ3v) is 5.29. The van der Waals surface area contributed by atoms with Crippen LogP contribution in [0.2, 0.25) is 10.0 Å². The van der Waals surface area contributed by atoms with Crippen molar-refractivity contribution in [2.75, 3.05) is 20.2 Å². The normalized spacial score (nSPS) is 12.1. The fourth-order valence-electron chi connectivity index (χ4n) is 1.59. The van der Waals surface area contributed by atoms with Gasteiger partial charge in [-0.15, -0.1) is 0 Å². The molecule has 0 fully saturated rings. The van der Waals surface area contributed by atoms with Crippen LogP contribution in [0.3, 0.4) is 0 Å². The number of aliphatic hydroxyl groups excluding tert-OH is 1. The lowest BCUT2D eigenvalue weighted by atomic mass is 10.2. The van der Waals surface area contributed by atoms with E-state index in [1.807, 2.05) is 0 Å². The summed E-state index contributed by atoms with van der Waals surface area (Å²) < 4.78 is 25.9. The zero-order chi connectivity index (χ0) is 14.5. The molecule has 0 aliphatic rings. The van der Waals surface area contributed by atoms with Gasteiger partial charge in [-0.1, -0.05) is 23.2 Å². The molecular weight excluding hydrogens is 309 g/mol. The number of aliphatic hydroxyl groups is 1. The van der Waals surface area contributed by atoms with Gasteiger partial charge in [0.2, 0.25) is 10.0 Å². The fourth-order valence-corrected chi connectivity index (χ4v) is 3.53. The molecule has 0 amide bonds. The van der Waals surface area contributed by atoms with E-state index >= 15 is 0 Å². The van der Waals surface area contributed by atoms with Crippen LogP contribution in [0.25, 0.3) is 0 Å². The Morgan fingerprint density at radius 2 is 1.89 bits per heavy atom. The van der Waals surface area contributed by atoms with Crippen molar-refractivity contribution >= 4 is 33.2 Å². The van der Waals surface area contributed by atoms with Gasteiger partial charge in [-0.3, -0.25) is 0 Å². The fraction of sp³-hybridized carbons (Fsp3) is 0.500. The van der Waals surface area contributed by atoms with E-state index in [-0.39, 0.29) is 16.5 Å². The van der Waals surface area contributed by atoms with Gasteiger partial charge in [-0.05, 0) is 37.5 Å². The van der Waals surface area contributed by atoms with Gasteiger partial charge in [0.1, 0.15) is 4.90 Å². The largest absolute Gasteiger partial charge is 0.396 e. The van der Waals surface area contributed by atoms with Crippen molar-refractivity contribution in [2.24, 2.45) is 0 Å². The summed E-state index contributed by atoms with van der Waals surface area (Å²) >= 11 is 11.7. The summed E-state index contributed by atoms with van der Waals surface area (Å²) in [5, 5.41) is 9.16. The van der Waals surface area contributed by atoms with E-state index in [2.05, 4.69) is 0 Å². The first-order valence-corrected chi connectivity index (χ1v) is 8.11. The number of sulfonamides is 1. The number of unbranched alkanes of at least 4 members (excludes halogenated alkanes) is 2. The molecule has 0 heterocycles. The third kappa shape index (κ3) is 4.61. The van der Waals surface area contributed by atoms with Crippen molar-refractivity contribution in [1.29, 1.82) is 0 Å². The molecule has 19 heavy (non-hydrogen) atoms. The topological polar surface area (TPSA) is 57.6 Å². The molecule has 0 saturated heterocycles. The van der Waals surface area contributed by atoms with Crippen LogP contribution in [0.1, 0.15) is 19.3 Å². The van der Waals surface area contributed by atoms with Crippen LogP contribution in [-0.2, 0) is 10.0 Å². The lowest BCUT2D eigenvalue weighted by molar-refractivity contribution is 0.281. The summed E-state index contributed by atoms with van der Waals surface area (Å²) in [6.45, 7) is 0.502. The maximum Gasteiger partial charge on any atom is 0.244 e. The van der Waals surface area contributed by atoms with Gasteiger partial charge in [0.05, 0.1) is 5.02 Å². The van der Waals surface area contributed by atoms with Crippen LogP contribution in [0.5, 0.6) is 0 Å². The predicted molar refractivity (Wildman–Crippen MR) is 77.2 cm³/mol.